The maximum atomic E-state index is 12.6. The summed E-state index contributed by atoms with van der Waals surface area (Å²) in [5.41, 5.74) is 0. The van der Waals surface area contributed by atoms with Gasteiger partial charge < -0.3 is 9.05 Å². The zero-order valence-electron chi connectivity index (χ0n) is 11.1. The molecule has 0 aliphatic carbocycles. The molecule has 0 spiro atoms. The van der Waals surface area contributed by atoms with Gasteiger partial charge in [-0.3, -0.25) is 4.57 Å². The molecule has 0 bridgehead atoms. The minimum atomic E-state index is -4.68. The summed E-state index contributed by atoms with van der Waals surface area (Å²) in [5.74, 6) is 0. The highest BCUT2D eigenvalue weighted by Gasteiger charge is 2.58. The van der Waals surface area contributed by atoms with Crippen LogP contribution in [0.3, 0.4) is 0 Å². The van der Waals surface area contributed by atoms with Crippen molar-refractivity contribution in [1.82, 2.24) is 0 Å². The van der Waals surface area contributed by atoms with E-state index < -0.39 is 38.9 Å². The molecule has 0 saturated carbocycles. The second-order valence-electron chi connectivity index (χ2n) is 3.85. The van der Waals surface area contributed by atoms with Crippen molar-refractivity contribution in [1.29, 1.82) is 0 Å². The van der Waals surface area contributed by atoms with E-state index in [-0.39, 0.29) is 13.2 Å². The van der Waals surface area contributed by atoms with Gasteiger partial charge in [0.2, 0.25) is 0 Å². The van der Waals surface area contributed by atoms with E-state index in [1.807, 2.05) is 0 Å². The first-order valence-electron chi connectivity index (χ1n) is 5.85. The number of hydrogen-bond acceptors (Lipinski definition) is 9. The van der Waals surface area contributed by atoms with E-state index >= 15 is 0 Å². The van der Waals surface area contributed by atoms with Crippen LogP contribution in [0.4, 0.5) is 0 Å². The molecule has 12 heteroatoms. The maximum absolute atomic E-state index is 12.6. The third-order valence-corrected chi connectivity index (χ3v) is 10.1. The molecule has 0 radical (unpaired) electrons. The first-order chi connectivity index (χ1) is 9.19. The van der Waals surface area contributed by atoms with Crippen molar-refractivity contribution in [3.8, 4) is 0 Å². The summed E-state index contributed by atoms with van der Waals surface area (Å²) >= 11 is 0. The van der Waals surface area contributed by atoms with E-state index in [0.717, 1.165) is 0 Å². The molecule has 0 unspecified atom stereocenters. The molecule has 1 aliphatic heterocycles. The Bertz CT molecular complexity index is 521. The van der Waals surface area contributed by atoms with Crippen molar-refractivity contribution in [3.63, 3.8) is 0 Å². The van der Waals surface area contributed by atoms with Crippen LogP contribution in [-0.4, -0.2) is 41.2 Å². The lowest BCUT2D eigenvalue weighted by atomic mass is 10.5. The van der Waals surface area contributed by atoms with Crippen LogP contribution in [0.1, 0.15) is 26.7 Å². The fraction of sp³-hybridized carbons (Fsp3) is 1.00. The Morgan fingerprint density at radius 2 is 1.40 bits per heavy atom. The summed E-state index contributed by atoms with van der Waals surface area (Å²) in [4.78, 5) is 0. The highest BCUT2D eigenvalue weighted by atomic mass is 32.3. The second kappa shape index (κ2) is 6.82. The standard InChI is InChI=1S/C8H17O9PS2/c1-3-5-14-18(9,15-6-4-2)8-19(10,11)16-7-17-20(8,12)13/h8H,3-7H2,1-2H3. The Morgan fingerprint density at radius 1 is 1.00 bits per heavy atom. The molecule has 9 nitrogen and oxygen atoms in total. The smallest absolute Gasteiger partial charge is 0.307 e. The number of rotatable bonds is 7. The van der Waals surface area contributed by atoms with Gasteiger partial charge in [0.1, 0.15) is 0 Å². The molecule has 120 valence electrons. The third-order valence-electron chi connectivity index (χ3n) is 2.13. The molecule has 1 rings (SSSR count). The molecule has 1 fully saturated rings. The van der Waals surface area contributed by atoms with E-state index in [4.69, 9.17) is 9.05 Å². The van der Waals surface area contributed by atoms with Crippen LogP contribution in [0.15, 0.2) is 0 Å². The summed E-state index contributed by atoms with van der Waals surface area (Å²) in [6.45, 7) is 2.13. The van der Waals surface area contributed by atoms with Gasteiger partial charge in [0.15, 0.2) is 6.79 Å². The molecular weight excluding hydrogens is 335 g/mol. The first-order valence-corrected chi connectivity index (χ1v) is 10.4. The summed E-state index contributed by atoms with van der Waals surface area (Å²) in [5, 5.41) is 0. The van der Waals surface area contributed by atoms with Gasteiger partial charge in [-0.25, -0.2) is 8.37 Å². The normalized spacial score (nSPS) is 22.7. The number of hydrogen-bond donors (Lipinski definition) is 0. The van der Waals surface area contributed by atoms with E-state index in [9.17, 15) is 21.4 Å². The quantitative estimate of drug-likeness (QED) is 0.487. The molecule has 0 aromatic carbocycles. The second-order valence-corrected chi connectivity index (χ2v) is 10.3. The minimum Gasteiger partial charge on any atom is -0.307 e. The lowest BCUT2D eigenvalue weighted by Gasteiger charge is -2.27. The van der Waals surface area contributed by atoms with Gasteiger partial charge in [-0.15, -0.1) is 0 Å². The van der Waals surface area contributed by atoms with Crippen LogP contribution in [0.5, 0.6) is 0 Å². The molecule has 1 heterocycles. The highest BCUT2D eigenvalue weighted by molar-refractivity contribution is 8.13. The van der Waals surface area contributed by atoms with Gasteiger partial charge in [-0.1, -0.05) is 13.8 Å². The molecule has 20 heavy (non-hydrogen) atoms. The van der Waals surface area contributed by atoms with Gasteiger partial charge in [0.25, 0.3) is 0 Å². The maximum Gasteiger partial charge on any atom is 0.369 e. The van der Waals surface area contributed by atoms with Crippen molar-refractivity contribution < 1.29 is 38.8 Å². The van der Waals surface area contributed by atoms with Crippen molar-refractivity contribution in [2.75, 3.05) is 20.0 Å². The summed E-state index contributed by atoms with van der Waals surface area (Å²) in [6, 6.07) is 0. The fourth-order valence-electron chi connectivity index (χ4n) is 1.33. The predicted octanol–water partition coefficient (Wildman–Crippen LogP) is 0.980. The van der Waals surface area contributed by atoms with E-state index in [2.05, 4.69) is 8.37 Å². The van der Waals surface area contributed by atoms with Crippen LogP contribution in [-0.2, 0) is 42.2 Å². The summed E-state index contributed by atoms with van der Waals surface area (Å²) in [7, 11) is -13.8. The molecular formula is C8H17O9PS2. The van der Waals surface area contributed by atoms with Gasteiger partial charge >= 0.3 is 32.2 Å². The van der Waals surface area contributed by atoms with E-state index in [0.29, 0.717) is 12.8 Å². The summed E-state index contributed by atoms with van der Waals surface area (Å²) in [6.07, 6.45) is 0.794. The van der Waals surface area contributed by atoms with Crippen molar-refractivity contribution in [3.05, 3.63) is 0 Å². The van der Waals surface area contributed by atoms with Gasteiger partial charge in [-0.05, 0) is 12.8 Å². The van der Waals surface area contributed by atoms with Gasteiger partial charge in [0.05, 0.1) is 13.2 Å². The van der Waals surface area contributed by atoms with Crippen molar-refractivity contribution >= 4 is 27.8 Å². The van der Waals surface area contributed by atoms with Crippen molar-refractivity contribution in [2.45, 2.75) is 31.0 Å². The Hall–Kier alpha value is -0.0300. The van der Waals surface area contributed by atoms with Gasteiger partial charge in [0, 0.05) is 0 Å². The van der Waals surface area contributed by atoms with Crippen LogP contribution in [0.2, 0.25) is 0 Å². The van der Waals surface area contributed by atoms with Crippen LogP contribution in [0, 0.1) is 0 Å². The molecule has 0 aromatic rings. The molecule has 0 aromatic heterocycles. The van der Waals surface area contributed by atoms with Gasteiger partial charge in [-0.2, -0.15) is 16.8 Å². The summed E-state index contributed by atoms with van der Waals surface area (Å²) < 4.78 is 75.4. The Balaban J connectivity index is 3.24. The fourth-order valence-corrected chi connectivity index (χ4v) is 8.29. The van der Waals surface area contributed by atoms with E-state index in [1.54, 1.807) is 13.8 Å². The zero-order chi connectivity index (χ0) is 15.4. The van der Waals surface area contributed by atoms with Crippen LogP contribution < -0.4 is 0 Å². The molecule has 0 amide bonds. The van der Waals surface area contributed by atoms with Crippen LogP contribution >= 0.6 is 7.60 Å². The third kappa shape index (κ3) is 4.00. The largest absolute Gasteiger partial charge is 0.369 e. The van der Waals surface area contributed by atoms with E-state index in [1.165, 1.54) is 0 Å². The lowest BCUT2D eigenvalue weighted by Crippen LogP contribution is -2.39. The Kier molecular flexibility index (Phi) is 6.14. The SMILES string of the molecule is CCCOP(=O)(OCCC)C1S(=O)(=O)OCOS1(=O)=O. The Labute approximate surface area is 118 Å². The molecule has 1 saturated heterocycles. The zero-order valence-corrected chi connectivity index (χ0v) is 13.6. The van der Waals surface area contributed by atoms with Crippen LogP contribution in [0.25, 0.3) is 0 Å². The Morgan fingerprint density at radius 3 is 1.75 bits per heavy atom. The topological polar surface area (TPSA) is 122 Å². The molecule has 0 N–H and O–H groups in total. The predicted molar refractivity (Wildman–Crippen MR) is 68.8 cm³/mol. The average molecular weight is 352 g/mol. The average Bonchev–Trinajstić information content (AvgIpc) is 2.31. The monoisotopic (exact) mass is 352 g/mol. The molecule has 0 atom stereocenters. The molecule has 1 aliphatic rings. The lowest BCUT2D eigenvalue weighted by molar-refractivity contribution is 0.119. The highest BCUT2D eigenvalue weighted by Crippen LogP contribution is 2.58. The minimum absolute atomic E-state index is 0.122. The first kappa shape index (κ1) is 18.0. The van der Waals surface area contributed by atoms with Crippen molar-refractivity contribution in [2.24, 2.45) is 0 Å².